The number of esters is 1. The van der Waals surface area contributed by atoms with Gasteiger partial charge in [0.1, 0.15) is 18.1 Å². The van der Waals surface area contributed by atoms with Crippen LogP contribution in [0.15, 0.2) is 41.9 Å². The third-order valence-corrected chi connectivity index (χ3v) is 18.5. The summed E-state index contributed by atoms with van der Waals surface area (Å²) in [5, 5.41) is 8.69. The van der Waals surface area contributed by atoms with Crippen LogP contribution in [-0.2, 0) is 52.8 Å². The molecule has 0 radical (unpaired) electrons. The molecule has 4 amide bonds. The summed E-state index contributed by atoms with van der Waals surface area (Å²) < 4.78 is 14.4. The lowest BCUT2D eigenvalue weighted by Gasteiger charge is -2.40. The molecule has 8 atom stereocenters. The Morgan fingerprint density at radius 2 is 1.81 bits per heavy atom. The van der Waals surface area contributed by atoms with E-state index >= 15 is 9.59 Å². The van der Waals surface area contributed by atoms with Crippen LogP contribution in [0.1, 0.15) is 122 Å². The van der Waals surface area contributed by atoms with Gasteiger partial charge in [-0.05, 0) is 119 Å². The first kappa shape index (κ1) is 55.1. The molecule has 6 aliphatic rings. The van der Waals surface area contributed by atoms with Crippen molar-refractivity contribution < 1.29 is 33.4 Å². The Labute approximate surface area is 458 Å². The van der Waals surface area contributed by atoms with Crippen molar-refractivity contribution in [3.8, 4) is 22.5 Å². The number of methoxy groups -OCH3 is 1. The molecule has 1 aromatic carbocycles. The van der Waals surface area contributed by atoms with E-state index in [1.165, 1.54) is 16.3 Å². The Bertz CT molecular complexity index is 2850. The number of fused-ring (bicyclic) bond motifs is 6. The molecular weight excluding hydrogens is 993 g/mol. The summed E-state index contributed by atoms with van der Waals surface area (Å²) in [7, 11) is 5.23. The Morgan fingerprint density at radius 1 is 1.03 bits per heavy atom. The van der Waals surface area contributed by atoms with Crippen molar-refractivity contribution in [2.24, 2.45) is 22.7 Å². The van der Waals surface area contributed by atoms with Crippen LogP contribution in [-0.4, -0.2) is 166 Å². The molecule has 416 valence electrons. The highest BCUT2D eigenvalue weighted by atomic mass is 32.1. The molecule has 1 unspecified atom stereocenters. The number of hydrogen-bond donors (Lipinski definition) is 2. The molecule has 77 heavy (non-hydrogen) atoms. The Hall–Kier alpha value is -5.27. The van der Waals surface area contributed by atoms with Crippen molar-refractivity contribution in [1.29, 1.82) is 0 Å². The number of nitrogens with zero attached hydrogens (tertiary/aromatic N) is 8. The van der Waals surface area contributed by atoms with Gasteiger partial charge in [-0.3, -0.25) is 43.8 Å². The van der Waals surface area contributed by atoms with Crippen LogP contribution >= 0.6 is 11.3 Å². The van der Waals surface area contributed by atoms with E-state index in [-0.39, 0.29) is 72.7 Å². The summed E-state index contributed by atoms with van der Waals surface area (Å²) in [6.45, 7) is 16.7. The predicted molar refractivity (Wildman–Crippen MR) is 297 cm³/mol. The van der Waals surface area contributed by atoms with Gasteiger partial charge in [-0.2, -0.15) is 0 Å². The maximum Gasteiger partial charge on any atom is 0.324 e. The first-order valence-corrected chi connectivity index (χ1v) is 29.4. The number of thiazole rings is 1. The fourth-order valence-electron chi connectivity index (χ4n) is 13.2. The number of ether oxygens (including phenoxy) is 2. The first-order chi connectivity index (χ1) is 36.9. The summed E-state index contributed by atoms with van der Waals surface area (Å²) in [5.74, 6) is -0.204. The number of carbonyl (C=O) groups excluding carboxylic acids is 5. The lowest BCUT2D eigenvalue weighted by molar-refractivity contribution is -0.155. The second kappa shape index (κ2) is 22.5. The lowest BCUT2D eigenvalue weighted by Crippen LogP contribution is -2.62. The molecule has 3 saturated heterocycles. The molecule has 10 rings (SSSR count). The zero-order valence-electron chi connectivity index (χ0n) is 46.9. The molecule has 4 aliphatic heterocycles. The van der Waals surface area contributed by atoms with E-state index in [4.69, 9.17) is 19.4 Å². The van der Waals surface area contributed by atoms with Crippen molar-refractivity contribution in [3.63, 3.8) is 0 Å². The molecule has 17 nitrogen and oxygen atoms in total. The monoisotopic (exact) mass is 1070 g/mol. The largest absolute Gasteiger partial charge is 0.464 e. The molecule has 2 aliphatic carbocycles. The van der Waals surface area contributed by atoms with E-state index in [0.717, 1.165) is 89.6 Å². The van der Waals surface area contributed by atoms with Crippen LogP contribution in [0.25, 0.3) is 33.4 Å². The maximum absolute atomic E-state index is 15.3. The van der Waals surface area contributed by atoms with Crippen molar-refractivity contribution in [1.82, 2.24) is 49.9 Å². The highest BCUT2D eigenvalue weighted by Gasteiger charge is 2.61. The summed E-state index contributed by atoms with van der Waals surface area (Å²) in [4.78, 5) is 89.6. The number of nitrogens with one attached hydrogen (secondary N) is 2. The van der Waals surface area contributed by atoms with E-state index in [0.29, 0.717) is 69.5 Å². The SMILES string of the molecule is CCN(C[C@]1(C)CCN(C(=O)[C@H]2[C@@H](C3CC3)N2CC(=O)N(C)C)C1)[C@H](C(=O)N[C@H]1Cc2nc(cs2)-c2ccc3c(c2)c(c(-c2cccnc2[C@H](C)OC)n3CC)CC(C)(C)COC(=O)[C@@H]2CCCN(N2)C1=O)C1CCCC1. The number of amides is 4. The number of aromatic nitrogens is 3. The third-order valence-electron chi connectivity index (χ3n) is 17.7. The average Bonchev–Trinajstić information content (AvgIpc) is 4.16. The van der Waals surface area contributed by atoms with Gasteiger partial charge in [-0.15, -0.1) is 11.3 Å². The number of pyridine rings is 1. The Morgan fingerprint density at radius 3 is 2.52 bits per heavy atom. The standard InChI is InChI=1S/C59H82N10O7S/c1-10-65(33-59(6)24-27-66(34-59)56(73)53-50(38-20-21-38)68(53)31-48(70)64(7)8)51(37-16-12-13-17-37)54(71)62-44-29-47-61-45(32-77-47)39-22-23-46-41(28-39)42(52(67(46)11-2)40-18-14-25-60-49(40)36(3)75-9)30-58(4,5)35-76-57(74)43-19-15-26-69(63-43)55(44)72/h14,18,22-23,25,28,32,36-38,43-44,50-51,53,63H,10-13,15-17,19-21,24,26-27,29-31,33-35H2,1-9H3,(H,62,71)/t36-,43-,44-,50+,51-,53+,59-,68?/m0/s1. The van der Waals surface area contributed by atoms with Crippen LogP contribution in [0.4, 0.5) is 0 Å². The highest BCUT2D eigenvalue weighted by Crippen LogP contribution is 2.48. The molecular formula is C59H82N10O7S. The third kappa shape index (κ3) is 11.5. The summed E-state index contributed by atoms with van der Waals surface area (Å²) >= 11 is 1.48. The quantitative estimate of drug-likeness (QED) is 0.0936. The van der Waals surface area contributed by atoms with Gasteiger partial charge in [-0.1, -0.05) is 46.6 Å². The Balaban J connectivity index is 0.944. The van der Waals surface area contributed by atoms with Gasteiger partial charge < -0.3 is 29.2 Å². The van der Waals surface area contributed by atoms with Gasteiger partial charge in [0.05, 0.1) is 47.4 Å². The number of benzene rings is 1. The molecule has 4 aromatic rings. The van der Waals surface area contributed by atoms with Gasteiger partial charge in [0.2, 0.25) is 17.7 Å². The van der Waals surface area contributed by atoms with Crippen LogP contribution < -0.4 is 10.7 Å². The fourth-order valence-corrected chi connectivity index (χ4v) is 14.1. The number of aryl methyl sites for hydroxylation is 1. The number of rotatable bonds is 15. The average molecular weight is 1080 g/mol. The van der Waals surface area contributed by atoms with Crippen LogP contribution in [0.3, 0.4) is 0 Å². The second-order valence-corrected chi connectivity index (χ2v) is 25.3. The molecule has 5 fully saturated rings. The van der Waals surface area contributed by atoms with Crippen molar-refractivity contribution >= 4 is 51.8 Å². The summed E-state index contributed by atoms with van der Waals surface area (Å²) in [5.41, 5.74) is 9.32. The first-order valence-electron chi connectivity index (χ1n) is 28.5. The number of hydrazine groups is 1. The molecule has 18 heteroatoms. The molecule has 0 spiro atoms. The van der Waals surface area contributed by atoms with Crippen molar-refractivity contribution in [3.05, 3.63) is 58.2 Å². The number of cyclic esters (lactones) is 1. The predicted octanol–water partition coefficient (Wildman–Crippen LogP) is 6.87. The van der Waals surface area contributed by atoms with E-state index in [1.807, 2.05) is 29.5 Å². The maximum atomic E-state index is 15.3. The van der Waals surface area contributed by atoms with Gasteiger partial charge in [-0.25, -0.2) is 10.4 Å². The summed E-state index contributed by atoms with van der Waals surface area (Å²) in [6.07, 6.45) is 10.3. The number of likely N-dealkylation sites (N-methyl/N-ethyl adjacent to an activating group) is 2. The number of hydrogen-bond acceptors (Lipinski definition) is 13. The molecule has 6 bridgehead atoms. The second-order valence-electron chi connectivity index (χ2n) is 24.4. The van der Waals surface area contributed by atoms with E-state index < -0.39 is 29.5 Å². The lowest BCUT2D eigenvalue weighted by atomic mass is 9.84. The van der Waals surface area contributed by atoms with E-state index in [2.05, 4.69) is 84.0 Å². The molecule has 2 saturated carbocycles. The van der Waals surface area contributed by atoms with Crippen molar-refractivity contribution in [2.75, 3.05) is 67.1 Å². The van der Waals surface area contributed by atoms with Crippen LogP contribution in [0.5, 0.6) is 0 Å². The number of carbonyl (C=O) groups is 5. The highest BCUT2D eigenvalue weighted by molar-refractivity contribution is 7.10. The minimum absolute atomic E-state index is 0.0158. The smallest absolute Gasteiger partial charge is 0.324 e. The van der Waals surface area contributed by atoms with Crippen molar-refractivity contribution in [2.45, 2.75) is 155 Å². The van der Waals surface area contributed by atoms with Gasteiger partial charge in [0.15, 0.2) is 0 Å². The summed E-state index contributed by atoms with van der Waals surface area (Å²) in [6, 6.07) is 8.26. The zero-order chi connectivity index (χ0) is 54.5. The van der Waals surface area contributed by atoms with Crippen LogP contribution in [0.2, 0.25) is 0 Å². The normalized spacial score (nSPS) is 26.6. The van der Waals surface area contributed by atoms with E-state index in [9.17, 15) is 14.4 Å². The van der Waals surface area contributed by atoms with Gasteiger partial charge in [0, 0.05) is 105 Å². The van der Waals surface area contributed by atoms with Gasteiger partial charge >= 0.3 is 5.97 Å². The molecule has 2 N–H and O–H groups in total. The minimum atomic E-state index is -0.974. The van der Waals surface area contributed by atoms with Crippen LogP contribution in [0, 0.1) is 22.7 Å². The van der Waals surface area contributed by atoms with Gasteiger partial charge in [0.25, 0.3) is 5.91 Å². The topological polar surface area (TPSA) is 175 Å². The number of likely N-dealkylation sites (tertiary alicyclic amines) is 1. The molecule has 7 heterocycles. The molecule has 3 aromatic heterocycles. The zero-order valence-corrected chi connectivity index (χ0v) is 47.8. The fraction of sp³-hybridized carbons (Fsp3) is 0.644. The van der Waals surface area contributed by atoms with E-state index in [1.54, 1.807) is 26.1 Å². The Kier molecular flexibility index (Phi) is 16.1. The minimum Gasteiger partial charge on any atom is -0.464 e.